The van der Waals surface area contributed by atoms with E-state index < -0.39 is 12.1 Å². The Hall–Kier alpha value is -2.71. The largest absolute Gasteiger partial charge is 0.465 e. The Morgan fingerprint density at radius 2 is 2.06 bits per heavy atom. The molecule has 1 amide bonds. The minimum absolute atomic E-state index is 0.0946. The Morgan fingerprint density at radius 3 is 2.63 bits per heavy atom. The number of epoxide rings is 2. The molecule has 1 aromatic rings. The van der Waals surface area contributed by atoms with Gasteiger partial charge in [0.2, 0.25) is 0 Å². The summed E-state index contributed by atoms with van der Waals surface area (Å²) in [6, 6.07) is 3.08. The Kier molecular flexibility index (Phi) is 11.4. The van der Waals surface area contributed by atoms with Gasteiger partial charge in [-0.25, -0.2) is 9.59 Å². The van der Waals surface area contributed by atoms with Crippen LogP contribution in [0.4, 0.5) is 4.79 Å². The van der Waals surface area contributed by atoms with Gasteiger partial charge in [-0.2, -0.15) is 0 Å². The van der Waals surface area contributed by atoms with Crippen molar-refractivity contribution in [1.29, 1.82) is 0 Å². The van der Waals surface area contributed by atoms with E-state index in [1.54, 1.807) is 6.07 Å². The molecule has 1 aliphatic carbocycles. The van der Waals surface area contributed by atoms with Crippen LogP contribution in [0, 0.1) is 5.92 Å². The van der Waals surface area contributed by atoms with E-state index in [-0.39, 0.29) is 18.8 Å². The fourth-order valence-corrected chi connectivity index (χ4v) is 4.24. The average molecular weight is 489 g/mol. The molecule has 8 nitrogen and oxygen atoms in total. The SMILES string of the molecule is C=CCOC(=O)c1ccc(CNC(=O)O)nc1.CC.CC(C)=CC[C@H]1OC1C1CCCCC12CO2. The quantitative estimate of drug-likeness (QED) is 0.290. The van der Waals surface area contributed by atoms with Crippen LogP contribution in [-0.2, 0) is 20.8 Å². The van der Waals surface area contributed by atoms with Gasteiger partial charge in [0, 0.05) is 12.1 Å². The molecule has 35 heavy (non-hydrogen) atoms. The third kappa shape index (κ3) is 9.11. The maximum absolute atomic E-state index is 11.4. The zero-order chi connectivity index (χ0) is 25.8. The zero-order valence-electron chi connectivity index (χ0n) is 21.4. The second-order valence-electron chi connectivity index (χ2n) is 8.95. The van der Waals surface area contributed by atoms with Gasteiger partial charge in [-0.1, -0.05) is 51.0 Å². The first-order chi connectivity index (χ1) is 16.8. The van der Waals surface area contributed by atoms with Crippen molar-refractivity contribution in [1.82, 2.24) is 10.3 Å². The Balaban J connectivity index is 0.000000231. The number of rotatable bonds is 8. The number of pyridine rings is 1. The first-order valence-electron chi connectivity index (χ1n) is 12.5. The van der Waals surface area contributed by atoms with Crippen LogP contribution in [-0.4, -0.2) is 53.2 Å². The summed E-state index contributed by atoms with van der Waals surface area (Å²) in [7, 11) is 0. The van der Waals surface area contributed by atoms with Crippen LogP contribution in [0.25, 0.3) is 0 Å². The Bertz CT molecular complexity index is 859. The molecule has 3 aliphatic rings. The van der Waals surface area contributed by atoms with Crippen LogP contribution in [0.1, 0.15) is 75.9 Å². The van der Waals surface area contributed by atoms with Crippen molar-refractivity contribution in [2.45, 2.75) is 84.2 Å². The molecule has 8 heteroatoms. The van der Waals surface area contributed by atoms with Gasteiger partial charge in [0.25, 0.3) is 0 Å². The van der Waals surface area contributed by atoms with Crippen LogP contribution in [0.3, 0.4) is 0 Å². The molecule has 3 heterocycles. The van der Waals surface area contributed by atoms with Crippen LogP contribution < -0.4 is 5.32 Å². The molecular weight excluding hydrogens is 448 g/mol. The van der Waals surface area contributed by atoms with Gasteiger partial charge in [0.15, 0.2) is 0 Å². The topological polar surface area (TPSA) is 114 Å². The van der Waals surface area contributed by atoms with Crippen molar-refractivity contribution in [2.24, 2.45) is 5.92 Å². The molecule has 1 saturated carbocycles. The molecule has 2 saturated heterocycles. The second-order valence-corrected chi connectivity index (χ2v) is 8.95. The number of esters is 1. The highest BCUT2D eigenvalue weighted by molar-refractivity contribution is 5.89. The molecule has 1 aromatic heterocycles. The first kappa shape index (κ1) is 28.5. The fraction of sp³-hybridized carbons (Fsp3) is 0.593. The molecule has 3 unspecified atom stereocenters. The summed E-state index contributed by atoms with van der Waals surface area (Å²) >= 11 is 0. The van der Waals surface area contributed by atoms with Crippen molar-refractivity contribution in [3.05, 3.63) is 53.9 Å². The smallest absolute Gasteiger partial charge is 0.404 e. The van der Waals surface area contributed by atoms with E-state index in [0.29, 0.717) is 29.4 Å². The first-order valence-corrected chi connectivity index (χ1v) is 12.5. The molecule has 4 atom stereocenters. The highest BCUT2D eigenvalue weighted by Gasteiger charge is 2.60. The summed E-state index contributed by atoms with van der Waals surface area (Å²) in [5.74, 6) is 0.201. The number of hydrogen-bond donors (Lipinski definition) is 2. The van der Waals surface area contributed by atoms with Crippen LogP contribution >= 0.6 is 0 Å². The van der Waals surface area contributed by atoms with Gasteiger partial charge < -0.3 is 24.6 Å². The van der Waals surface area contributed by atoms with Gasteiger partial charge in [0.05, 0.1) is 42.2 Å². The molecular formula is C27H40N2O6. The van der Waals surface area contributed by atoms with E-state index in [1.807, 2.05) is 13.8 Å². The van der Waals surface area contributed by atoms with E-state index in [0.717, 1.165) is 13.0 Å². The minimum Gasteiger partial charge on any atom is -0.465 e. The van der Waals surface area contributed by atoms with Crippen molar-refractivity contribution in [3.8, 4) is 0 Å². The summed E-state index contributed by atoms with van der Waals surface area (Å²) in [5.41, 5.74) is 2.48. The normalized spacial score (nSPS) is 25.5. The predicted molar refractivity (Wildman–Crippen MR) is 134 cm³/mol. The molecule has 2 N–H and O–H groups in total. The molecule has 0 radical (unpaired) electrons. The third-order valence-electron chi connectivity index (χ3n) is 6.15. The summed E-state index contributed by atoms with van der Waals surface area (Å²) in [6.45, 7) is 13.0. The molecule has 194 valence electrons. The number of allylic oxidation sites excluding steroid dienone is 1. The van der Waals surface area contributed by atoms with Gasteiger partial charge in [-0.3, -0.25) is 4.98 Å². The van der Waals surface area contributed by atoms with E-state index >= 15 is 0 Å². The Labute approximate surface area is 208 Å². The van der Waals surface area contributed by atoms with E-state index in [4.69, 9.17) is 19.3 Å². The molecule has 4 rings (SSSR count). The van der Waals surface area contributed by atoms with Crippen LogP contribution in [0.2, 0.25) is 0 Å². The standard InChI is InChI=1S/C14H22O2.C11H12N2O4.C2H6/c1-10(2)6-7-12-13(16-12)11-5-3-4-8-14(11)9-15-14;1-2-5-17-10(14)8-3-4-9(12-6-8)7-13-11(15)16;1-2/h6,11-13H,3-5,7-9H2,1-2H3;2-4,6,13H,1,5,7H2,(H,15,16);1-2H3/t11?,12-,13?,14?;;/m1../s1. The monoisotopic (exact) mass is 488 g/mol. The number of nitrogens with one attached hydrogen (secondary N) is 1. The number of carbonyl (C=O) groups is 2. The maximum atomic E-state index is 11.4. The lowest BCUT2D eigenvalue weighted by atomic mass is 9.76. The summed E-state index contributed by atoms with van der Waals surface area (Å²) in [6.07, 6.45) is 11.4. The highest BCUT2D eigenvalue weighted by atomic mass is 16.6. The lowest BCUT2D eigenvalue weighted by Gasteiger charge is -2.27. The molecule has 0 aromatic carbocycles. The van der Waals surface area contributed by atoms with Gasteiger partial charge in [-0.15, -0.1) is 0 Å². The number of amides is 1. The molecule has 0 bridgehead atoms. The molecule has 1 spiro atoms. The average Bonchev–Trinajstić information content (AvgIpc) is 3.80. The second kappa shape index (κ2) is 14.0. The van der Waals surface area contributed by atoms with Crippen molar-refractivity contribution in [2.75, 3.05) is 13.2 Å². The highest BCUT2D eigenvalue weighted by Crippen LogP contribution is 2.52. The van der Waals surface area contributed by atoms with Gasteiger partial charge in [0.1, 0.15) is 6.61 Å². The van der Waals surface area contributed by atoms with Crippen LogP contribution in [0.5, 0.6) is 0 Å². The minimum atomic E-state index is -1.12. The van der Waals surface area contributed by atoms with Crippen molar-refractivity contribution in [3.63, 3.8) is 0 Å². The number of ether oxygens (including phenoxy) is 3. The molecule has 3 fully saturated rings. The van der Waals surface area contributed by atoms with Crippen molar-refractivity contribution >= 4 is 12.1 Å². The van der Waals surface area contributed by atoms with Gasteiger partial charge >= 0.3 is 12.1 Å². The summed E-state index contributed by atoms with van der Waals surface area (Å²) in [4.78, 5) is 25.5. The zero-order valence-corrected chi connectivity index (χ0v) is 21.4. The predicted octanol–water partition coefficient (Wildman–Crippen LogP) is 5.29. The lowest BCUT2D eigenvalue weighted by molar-refractivity contribution is 0.0549. The fourth-order valence-electron chi connectivity index (χ4n) is 4.24. The van der Waals surface area contributed by atoms with Gasteiger partial charge in [-0.05, 0) is 45.2 Å². The van der Waals surface area contributed by atoms with E-state index in [2.05, 4.69) is 36.8 Å². The number of aromatic nitrogens is 1. The lowest BCUT2D eigenvalue weighted by Crippen LogP contribution is -2.33. The Morgan fingerprint density at radius 1 is 1.31 bits per heavy atom. The molecule has 2 aliphatic heterocycles. The van der Waals surface area contributed by atoms with Crippen LogP contribution in [0.15, 0.2) is 42.6 Å². The van der Waals surface area contributed by atoms with Crippen molar-refractivity contribution < 1.29 is 28.9 Å². The maximum Gasteiger partial charge on any atom is 0.404 e. The summed E-state index contributed by atoms with van der Waals surface area (Å²) < 4.78 is 16.4. The number of carbonyl (C=O) groups excluding carboxylic acids is 1. The summed E-state index contributed by atoms with van der Waals surface area (Å²) in [5, 5.41) is 10.6. The number of carboxylic acid groups (broad SMARTS) is 1. The number of nitrogens with zero attached hydrogens (tertiary/aromatic N) is 1. The van der Waals surface area contributed by atoms with E-state index in [1.165, 1.54) is 49.6 Å². The van der Waals surface area contributed by atoms with E-state index in [9.17, 15) is 9.59 Å². The number of hydrogen-bond acceptors (Lipinski definition) is 6. The third-order valence-corrected chi connectivity index (χ3v) is 6.15.